The second-order valence-corrected chi connectivity index (χ2v) is 9.54. The minimum absolute atomic E-state index is 0.0532. The zero-order valence-corrected chi connectivity index (χ0v) is 10.2. The van der Waals surface area contributed by atoms with E-state index in [2.05, 4.69) is 15.9 Å². The average molecular weight is 313 g/mol. The van der Waals surface area contributed by atoms with Crippen LogP contribution >= 0.6 is 45.7 Å². The lowest BCUT2D eigenvalue weighted by molar-refractivity contribution is 0.604. The smallest absolute Gasteiger partial charge is 0.225 e. The molecule has 0 aliphatic carbocycles. The number of rotatable bonds is 1. The van der Waals surface area contributed by atoms with Gasteiger partial charge in [0.25, 0.3) is 0 Å². The third kappa shape index (κ3) is 2.40. The molecule has 1 aliphatic heterocycles. The van der Waals surface area contributed by atoms with E-state index in [9.17, 15) is 8.42 Å². The molecule has 0 saturated heterocycles. The van der Waals surface area contributed by atoms with Gasteiger partial charge in [0.2, 0.25) is 10.0 Å². The first-order valence-corrected chi connectivity index (χ1v) is 8.32. The number of allylic oxidation sites excluding steroid dienone is 1. The second kappa shape index (κ2) is 3.18. The van der Waals surface area contributed by atoms with Crippen LogP contribution in [0.15, 0.2) is 20.2 Å². The molecule has 12 heavy (non-hydrogen) atoms. The predicted molar refractivity (Wildman–Crippen MR) is 57.5 cm³/mol. The largest absolute Gasteiger partial charge is 0.239 e. The summed E-state index contributed by atoms with van der Waals surface area (Å²) in [6.07, 6.45) is 0. The topological polar surface area (TPSA) is 60.2 Å². The third-order valence-corrected chi connectivity index (χ3v) is 5.56. The van der Waals surface area contributed by atoms with Crippen LogP contribution in [0.25, 0.3) is 0 Å². The maximum atomic E-state index is 10.9. The molecular formula is C4H4BrCl2NO2S2. The maximum Gasteiger partial charge on any atom is 0.239 e. The van der Waals surface area contributed by atoms with E-state index >= 15 is 0 Å². The van der Waals surface area contributed by atoms with E-state index in [4.69, 9.17) is 26.5 Å². The Labute approximate surface area is 89.1 Å². The summed E-state index contributed by atoms with van der Waals surface area (Å²) in [4.78, 5) is -0.0532. The molecule has 0 saturated carbocycles. The van der Waals surface area contributed by atoms with E-state index in [0.29, 0.717) is 4.48 Å². The highest BCUT2D eigenvalue weighted by atomic mass is 79.9. The number of primary sulfonamides is 1. The first-order valence-electron chi connectivity index (χ1n) is 2.57. The van der Waals surface area contributed by atoms with Crippen molar-refractivity contribution in [3.63, 3.8) is 0 Å². The molecule has 0 radical (unpaired) electrons. The van der Waals surface area contributed by atoms with Crippen molar-refractivity contribution in [3.8, 4) is 0 Å². The average Bonchev–Trinajstić information content (AvgIpc) is 2.03. The van der Waals surface area contributed by atoms with Crippen molar-refractivity contribution in [2.24, 2.45) is 5.14 Å². The van der Waals surface area contributed by atoms with Crippen molar-refractivity contribution in [2.45, 2.75) is 0 Å². The molecule has 3 nitrogen and oxygen atoms in total. The van der Waals surface area contributed by atoms with Crippen molar-refractivity contribution >= 4 is 55.8 Å². The van der Waals surface area contributed by atoms with Crippen LogP contribution in [0.4, 0.5) is 0 Å². The summed E-state index contributed by atoms with van der Waals surface area (Å²) in [6.45, 7) is 0. The van der Waals surface area contributed by atoms with Gasteiger partial charge in [-0.3, -0.25) is 0 Å². The van der Waals surface area contributed by atoms with Crippen molar-refractivity contribution in [1.29, 1.82) is 0 Å². The Balaban J connectivity index is 3.23. The Hall–Kier alpha value is 0.800. The first kappa shape index (κ1) is 10.9. The van der Waals surface area contributed by atoms with Crippen LogP contribution in [0.3, 0.4) is 0 Å². The zero-order valence-electron chi connectivity index (χ0n) is 5.50. The lowest BCUT2D eigenvalue weighted by Crippen LogP contribution is -2.13. The van der Waals surface area contributed by atoms with Crippen molar-refractivity contribution in [1.82, 2.24) is 0 Å². The molecule has 0 atom stereocenters. The van der Waals surface area contributed by atoms with E-state index < -0.39 is 18.5 Å². The van der Waals surface area contributed by atoms with Crippen molar-refractivity contribution in [3.05, 3.63) is 20.2 Å². The van der Waals surface area contributed by atoms with Crippen molar-refractivity contribution < 1.29 is 8.42 Å². The van der Waals surface area contributed by atoms with E-state index in [0.717, 1.165) is 0 Å². The Bertz CT molecular complexity index is 373. The fraction of sp³-hybridized carbons (Fsp3) is 0. The van der Waals surface area contributed by atoms with Gasteiger partial charge in [0.1, 0.15) is 4.91 Å². The maximum absolute atomic E-state index is 10.9. The standard InChI is InChI=1S/C4H4BrCl2NO2S2/c5-3-1-11(6,7)2-4(3)12(8,9)10/h1-2H,(H2,8,9,10). The third-order valence-electron chi connectivity index (χ3n) is 1.07. The number of hydrogen-bond acceptors (Lipinski definition) is 2. The van der Waals surface area contributed by atoms with E-state index in [-0.39, 0.29) is 4.91 Å². The summed E-state index contributed by atoms with van der Waals surface area (Å²) in [5, 5.41) is 7.55. The molecule has 70 valence electrons. The van der Waals surface area contributed by atoms with Crippen LogP contribution in [0, 0.1) is 0 Å². The fourth-order valence-corrected chi connectivity index (χ4v) is 6.77. The SMILES string of the molecule is NS(=O)(=O)C1=CS(Cl)(Cl)C=C1Br. The van der Waals surface area contributed by atoms with Gasteiger partial charge in [0.15, 0.2) is 0 Å². The Kier molecular flexibility index (Phi) is 2.88. The molecule has 0 aromatic heterocycles. The lowest BCUT2D eigenvalue weighted by atomic mass is 10.6. The highest BCUT2D eigenvalue weighted by Crippen LogP contribution is 2.67. The number of hydrogen-bond donors (Lipinski definition) is 1. The molecule has 0 unspecified atom stereocenters. The Morgan fingerprint density at radius 2 is 1.92 bits per heavy atom. The number of sulfonamides is 1. The van der Waals surface area contributed by atoms with Crippen LogP contribution in [0.1, 0.15) is 0 Å². The number of halogens is 3. The van der Waals surface area contributed by atoms with Gasteiger partial charge in [-0.05, 0) is 45.7 Å². The zero-order chi connectivity index (χ0) is 9.57. The molecule has 1 heterocycles. The van der Waals surface area contributed by atoms with Gasteiger partial charge < -0.3 is 0 Å². The molecule has 0 aromatic rings. The molecular weight excluding hydrogens is 309 g/mol. The van der Waals surface area contributed by atoms with Gasteiger partial charge in [-0.2, -0.15) is 0 Å². The fourth-order valence-electron chi connectivity index (χ4n) is 0.632. The summed E-state index contributed by atoms with van der Waals surface area (Å²) in [7, 11) is 5.58. The van der Waals surface area contributed by atoms with E-state index in [1.165, 1.54) is 10.8 Å². The van der Waals surface area contributed by atoms with E-state index in [1.807, 2.05) is 0 Å². The Morgan fingerprint density at radius 3 is 2.08 bits per heavy atom. The minimum Gasteiger partial charge on any atom is -0.225 e. The second-order valence-electron chi connectivity index (χ2n) is 2.04. The van der Waals surface area contributed by atoms with E-state index in [1.54, 1.807) is 0 Å². The van der Waals surface area contributed by atoms with Gasteiger partial charge in [-0.15, -0.1) is 0 Å². The molecule has 2 N–H and O–H groups in total. The number of nitrogens with two attached hydrogens (primary N) is 1. The lowest BCUT2D eigenvalue weighted by Gasteiger charge is -2.08. The van der Waals surface area contributed by atoms with Gasteiger partial charge in [0, 0.05) is 15.3 Å². The molecule has 1 aliphatic rings. The molecule has 8 heteroatoms. The van der Waals surface area contributed by atoms with Gasteiger partial charge in [-0.25, -0.2) is 13.6 Å². The molecule has 0 amide bonds. The Morgan fingerprint density at radius 1 is 1.42 bits per heavy atom. The van der Waals surface area contributed by atoms with Crippen LogP contribution < -0.4 is 5.14 Å². The molecule has 1 rings (SSSR count). The van der Waals surface area contributed by atoms with Gasteiger partial charge in [-0.1, -0.05) is 0 Å². The van der Waals surface area contributed by atoms with Crippen molar-refractivity contribution in [2.75, 3.05) is 0 Å². The molecule has 0 fully saturated rings. The summed E-state index contributed by atoms with van der Waals surface area (Å²) < 4.78 is 22.1. The normalized spacial score (nSPS) is 24.7. The quantitative estimate of drug-likeness (QED) is 0.808. The molecule has 0 aromatic carbocycles. The minimum atomic E-state index is -3.72. The van der Waals surface area contributed by atoms with Crippen LogP contribution in [0.2, 0.25) is 0 Å². The monoisotopic (exact) mass is 311 g/mol. The summed E-state index contributed by atoms with van der Waals surface area (Å²) >= 11 is 3.00. The predicted octanol–water partition coefficient (Wildman–Crippen LogP) is 2.48. The summed E-state index contributed by atoms with van der Waals surface area (Å²) in [6, 6.07) is 0. The molecule has 0 spiro atoms. The van der Waals surface area contributed by atoms with Gasteiger partial charge >= 0.3 is 0 Å². The summed E-state index contributed by atoms with van der Waals surface area (Å²) in [5.41, 5.74) is 0. The highest BCUT2D eigenvalue weighted by molar-refractivity contribution is 9.12. The van der Waals surface area contributed by atoms with Gasteiger partial charge in [0.05, 0.1) is 0 Å². The summed E-state index contributed by atoms with van der Waals surface area (Å²) in [5.74, 6) is 0. The van der Waals surface area contributed by atoms with Crippen LogP contribution in [0.5, 0.6) is 0 Å². The van der Waals surface area contributed by atoms with Crippen LogP contribution in [-0.4, -0.2) is 8.42 Å². The van der Waals surface area contributed by atoms with Crippen LogP contribution in [-0.2, 0) is 10.0 Å². The first-order chi connectivity index (χ1) is 5.22. The highest BCUT2D eigenvalue weighted by Gasteiger charge is 2.28. The molecule has 0 bridgehead atoms.